The minimum atomic E-state index is 0.0232. The maximum Gasteiger partial charge on any atom is 0.250 e. The fraction of sp³-hybridized carbons (Fsp3) is 0.292. The zero-order valence-corrected chi connectivity index (χ0v) is 16.4. The van der Waals surface area contributed by atoms with Gasteiger partial charge in [0.1, 0.15) is 5.75 Å². The zero-order chi connectivity index (χ0) is 19.6. The van der Waals surface area contributed by atoms with Gasteiger partial charge >= 0.3 is 0 Å². The molecule has 0 aliphatic carbocycles. The van der Waals surface area contributed by atoms with E-state index >= 15 is 0 Å². The number of pyridine rings is 1. The zero-order valence-electron chi connectivity index (χ0n) is 16.4. The normalized spacial score (nSPS) is 10.8. The molecule has 0 unspecified atom stereocenters. The lowest BCUT2D eigenvalue weighted by Crippen LogP contribution is -2.18. The number of aromatic nitrogens is 1. The Morgan fingerprint density at radius 1 is 0.857 bits per heavy atom. The van der Waals surface area contributed by atoms with Crippen molar-refractivity contribution in [1.82, 2.24) is 9.88 Å². The summed E-state index contributed by atoms with van der Waals surface area (Å²) in [5.74, 6) is 0.935. The van der Waals surface area contributed by atoms with Crippen molar-refractivity contribution in [3.8, 4) is 5.75 Å². The van der Waals surface area contributed by atoms with Gasteiger partial charge in [0, 0.05) is 25.4 Å². The van der Waals surface area contributed by atoms with Crippen molar-refractivity contribution in [1.29, 1.82) is 0 Å². The lowest BCUT2D eigenvalue weighted by atomic mass is 10.1. The summed E-state index contributed by atoms with van der Waals surface area (Å²) in [6.07, 6.45) is 4.05. The molecule has 4 nitrogen and oxygen atoms in total. The number of nitrogens with one attached hydrogen (secondary N) is 1. The second-order valence-corrected chi connectivity index (χ2v) is 6.93. The maximum absolute atomic E-state index is 11.8. The predicted molar refractivity (Wildman–Crippen MR) is 114 cm³/mol. The van der Waals surface area contributed by atoms with Gasteiger partial charge in [-0.05, 0) is 41.3 Å². The molecule has 0 saturated carbocycles. The Balaban J connectivity index is 1.45. The average molecular weight is 377 g/mol. The van der Waals surface area contributed by atoms with Crippen molar-refractivity contribution in [2.45, 2.75) is 39.4 Å². The molecule has 2 aromatic carbocycles. The molecule has 0 atom stereocenters. The van der Waals surface area contributed by atoms with Crippen molar-refractivity contribution in [3.63, 3.8) is 0 Å². The molecule has 146 valence electrons. The van der Waals surface area contributed by atoms with Crippen molar-refractivity contribution in [2.75, 3.05) is 6.61 Å². The van der Waals surface area contributed by atoms with Gasteiger partial charge < -0.3 is 14.6 Å². The predicted octanol–water partition coefficient (Wildman–Crippen LogP) is 4.37. The first kappa shape index (κ1) is 19.9. The van der Waals surface area contributed by atoms with Crippen LogP contribution in [0.25, 0.3) is 0 Å². The van der Waals surface area contributed by atoms with Gasteiger partial charge in [-0.1, -0.05) is 55.8 Å². The van der Waals surface area contributed by atoms with E-state index in [2.05, 4.69) is 48.6 Å². The van der Waals surface area contributed by atoms with Gasteiger partial charge in [0.15, 0.2) is 0 Å². The molecule has 0 aliphatic heterocycles. The summed E-state index contributed by atoms with van der Waals surface area (Å²) in [6, 6.07) is 21.9. The van der Waals surface area contributed by atoms with E-state index in [1.807, 2.05) is 24.4 Å². The number of rotatable bonds is 10. The highest BCUT2D eigenvalue weighted by Gasteiger charge is 2.00. The molecule has 1 heterocycles. The summed E-state index contributed by atoms with van der Waals surface area (Å²) in [4.78, 5) is 11.8. The summed E-state index contributed by atoms with van der Waals surface area (Å²) < 4.78 is 7.41. The Bertz CT molecular complexity index is 899. The number of hydrogen-bond donors (Lipinski definition) is 1. The molecular weight excluding hydrogens is 348 g/mol. The standard InChI is InChI=1S/C24H28N2O2/c1-2-3-16-28-23-13-11-21(12-14-23)18-25-17-20-7-9-22(10-8-20)19-26-15-5-4-6-24(26)27/h4-15,25H,2-3,16-19H2,1H3. The van der Waals surface area contributed by atoms with Gasteiger partial charge in [-0.15, -0.1) is 0 Å². The van der Waals surface area contributed by atoms with Crippen LogP contribution in [0.15, 0.2) is 77.7 Å². The molecule has 3 aromatic rings. The van der Waals surface area contributed by atoms with E-state index in [9.17, 15) is 4.79 Å². The van der Waals surface area contributed by atoms with E-state index in [4.69, 9.17) is 4.74 Å². The number of nitrogens with zero attached hydrogens (tertiary/aromatic N) is 1. The highest BCUT2D eigenvalue weighted by atomic mass is 16.5. The molecule has 1 N–H and O–H groups in total. The Morgan fingerprint density at radius 3 is 2.14 bits per heavy atom. The van der Waals surface area contributed by atoms with Crippen LogP contribution in [0.3, 0.4) is 0 Å². The SMILES string of the molecule is CCCCOc1ccc(CNCc2ccc(Cn3ccccc3=O)cc2)cc1. The molecule has 0 bridgehead atoms. The minimum Gasteiger partial charge on any atom is -0.494 e. The quantitative estimate of drug-likeness (QED) is 0.535. The van der Waals surface area contributed by atoms with Crippen molar-refractivity contribution >= 4 is 0 Å². The lowest BCUT2D eigenvalue weighted by Gasteiger charge is -2.09. The van der Waals surface area contributed by atoms with E-state index in [1.165, 1.54) is 11.1 Å². The van der Waals surface area contributed by atoms with Crippen LogP contribution in [0.4, 0.5) is 0 Å². The summed E-state index contributed by atoms with van der Waals surface area (Å²) in [6.45, 7) is 5.16. The first-order valence-corrected chi connectivity index (χ1v) is 9.90. The summed E-state index contributed by atoms with van der Waals surface area (Å²) >= 11 is 0. The van der Waals surface area contributed by atoms with E-state index in [0.29, 0.717) is 6.54 Å². The molecule has 1 aromatic heterocycles. The van der Waals surface area contributed by atoms with Crippen LogP contribution in [0.5, 0.6) is 5.75 Å². The van der Waals surface area contributed by atoms with Crippen molar-refractivity contribution in [2.24, 2.45) is 0 Å². The summed E-state index contributed by atoms with van der Waals surface area (Å²) in [5, 5.41) is 3.47. The van der Waals surface area contributed by atoms with E-state index in [0.717, 1.165) is 43.9 Å². The number of benzene rings is 2. The first-order chi connectivity index (χ1) is 13.7. The molecule has 0 amide bonds. The molecule has 0 fully saturated rings. The molecule has 28 heavy (non-hydrogen) atoms. The smallest absolute Gasteiger partial charge is 0.250 e. The van der Waals surface area contributed by atoms with Gasteiger partial charge in [-0.2, -0.15) is 0 Å². The molecule has 0 saturated heterocycles. The second kappa shape index (κ2) is 10.5. The Morgan fingerprint density at radius 2 is 1.50 bits per heavy atom. The topological polar surface area (TPSA) is 43.3 Å². The molecule has 0 radical (unpaired) electrons. The third kappa shape index (κ3) is 6.10. The third-order valence-electron chi connectivity index (χ3n) is 4.62. The van der Waals surface area contributed by atoms with Gasteiger partial charge in [0.05, 0.1) is 13.2 Å². The Labute approximate surface area is 166 Å². The summed E-state index contributed by atoms with van der Waals surface area (Å²) in [7, 11) is 0. The van der Waals surface area contributed by atoms with E-state index in [-0.39, 0.29) is 5.56 Å². The Hall–Kier alpha value is -2.85. The Kier molecular flexibility index (Phi) is 7.44. The highest BCUT2D eigenvalue weighted by molar-refractivity contribution is 5.27. The number of ether oxygens (including phenoxy) is 1. The molecular formula is C24H28N2O2. The van der Waals surface area contributed by atoms with E-state index < -0.39 is 0 Å². The maximum atomic E-state index is 11.8. The van der Waals surface area contributed by atoms with Crippen LogP contribution in [0, 0.1) is 0 Å². The van der Waals surface area contributed by atoms with Crippen LogP contribution >= 0.6 is 0 Å². The minimum absolute atomic E-state index is 0.0232. The van der Waals surface area contributed by atoms with Crippen molar-refractivity contribution < 1.29 is 4.74 Å². The number of hydrogen-bond acceptors (Lipinski definition) is 3. The third-order valence-corrected chi connectivity index (χ3v) is 4.62. The van der Waals surface area contributed by atoms with Crippen LogP contribution in [-0.2, 0) is 19.6 Å². The first-order valence-electron chi connectivity index (χ1n) is 9.90. The average Bonchev–Trinajstić information content (AvgIpc) is 2.72. The second-order valence-electron chi connectivity index (χ2n) is 6.93. The van der Waals surface area contributed by atoms with Gasteiger partial charge in [-0.25, -0.2) is 0 Å². The van der Waals surface area contributed by atoms with Crippen LogP contribution in [0.1, 0.15) is 36.5 Å². The molecule has 0 aliphatic rings. The van der Waals surface area contributed by atoms with Gasteiger partial charge in [0.25, 0.3) is 5.56 Å². The van der Waals surface area contributed by atoms with E-state index in [1.54, 1.807) is 16.7 Å². The van der Waals surface area contributed by atoms with Crippen molar-refractivity contribution in [3.05, 3.63) is 100.0 Å². The largest absolute Gasteiger partial charge is 0.494 e. The van der Waals surface area contributed by atoms with Crippen LogP contribution < -0.4 is 15.6 Å². The number of unbranched alkanes of at least 4 members (excludes halogenated alkanes) is 1. The summed E-state index contributed by atoms with van der Waals surface area (Å²) in [5.41, 5.74) is 3.61. The monoisotopic (exact) mass is 376 g/mol. The molecule has 0 spiro atoms. The fourth-order valence-electron chi connectivity index (χ4n) is 2.94. The fourth-order valence-corrected chi connectivity index (χ4v) is 2.94. The lowest BCUT2D eigenvalue weighted by molar-refractivity contribution is 0.309. The molecule has 4 heteroatoms. The molecule has 3 rings (SSSR count). The van der Waals surface area contributed by atoms with Crippen LogP contribution in [0.2, 0.25) is 0 Å². The highest BCUT2D eigenvalue weighted by Crippen LogP contribution is 2.13. The van der Waals surface area contributed by atoms with Gasteiger partial charge in [0.2, 0.25) is 0 Å². The van der Waals surface area contributed by atoms with Crippen LogP contribution in [-0.4, -0.2) is 11.2 Å². The van der Waals surface area contributed by atoms with Gasteiger partial charge in [-0.3, -0.25) is 4.79 Å².